The number of amides is 3. The zero-order valence-corrected chi connectivity index (χ0v) is 19.5. The first-order chi connectivity index (χ1) is 16.4. The van der Waals surface area contributed by atoms with Crippen molar-refractivity contribution in [1.82, 2.24) is 5.43 Å². The van der Waals surface area contributed by atoms with Gasteiger partial charge in [0, 0.05) is 15.7 Å². The number of halogens is 1. The number of allylic oxidation sites excluding steroid dienone is 1. The highest BCUT2D eigenvalue weighted by Gasteiger charge is 2.18. The van der Waals surface area contributed by atoms with E-state index in [4.69, 9.17) is 0 Å². The van der Waals surface area contributed by atoms with Crippen LogP contribution >= 0.6 is 15.9 Å². The number of hydrazone groups is 1. The third-order valence-electron chi connectivity index (χ3n) is 4.61. The summed E-state index contributed by atoms with van der Waals surface area (Å²) in [4.78, 5) is 37.2. The van der Waals surface area contributed by atoms with Crippen LogP contribution in [-0.4, -0.2) is 29.0 Å². The largest absolute Gasteiger partial charge is 0.507 e. The standard InChI is InChI=1S/C25H21BrN4O4/c1-2-6-16-7-5-8-17(22(16)31)15-27-30-25(34)24(33)29-21-10-4-3-9-20(21)23(32)28-19-13-11-18(26)12-14-19/h2-5,7-15,31H,1,6H2,(H,28,32)(H,29,33)(H,30,34). The first kappa shape index (κ1) is 24.4. The van der Waals surface area contributed by atoms with Crippen LogP contribution in [0.15, 0.2) is 89.0 Å². The molecule has 0 aliphatic carbocycles. The molecule has 9 heteroatoms. The van der Waals surface area contributed by atoms with Crippen LogP contribution in [-0.2, 0) is 16.0 Å². The number of phenolic OH excluding ortho intramolecular Hbond substituents is 1. The average Bonchev–Trinajstić information content (AvgIpc) is 2.83. The molecule has 3 aromatic rings. The van der Waals surface area contributed by atoms with Gasteiger partial charge in [0.05, 0.1) is 17.5 Å². The number of rotatable bonds is 7. The smallest absolute Gasteiger partial charge is 0.329 e. The highest BCUT2D eigenvalue weighted by molar-refractivity contribution is 9.10. The Morgan fingerprint density at radius 3 is 2.41 bits per heavy atom. The summed E-state index contributed by atoms with van der Waals surface area (Å²) in [6, 6.07) is 18.4. The van der Waals surface area contributed by atoms with Gasteiger partial charge in [-0.2, -0.15) is 5.10 Å². The molecule has 0 fully saturated rings. The van der Waals surface area contributed by atoms with E-state index >= 15 is 0 Å². The zero-order valence-electron chi connectivity index (χ0n) is 17.9. The van der Waals surface area contributed by atoms with E-state index in [1.165, 1.54) is 18.3 Å². The molecule has 0 bridgehead atoms. The van der Waals surface area contributed by atoms with Crippen molar-refractivity contribution >= 4 is 51.2 Å². The van der Waals surface area contributed by atoms with Crippen LogP contribution in [0.3, 0.4) is 0 Å². The molecular weight excluding hydrogens is 500 g/mol. The van der Waals surface area contributed by atoms with Crippen molar-refractivity contribution in [3.63, 3.8) is 0 Å². The summed E-state index contributed by atoms with van der Waals surface area (Å²) < 4.78 is 0.867. The Balaban J connectivity index is 1.64. The molecule has 0 saturated heterocycles. The van der Waals surface area contributed by atoms with Crippen LogP contribution in [0, 0.1) is 0 Å². The van der Waals surface area contributed by atoms with E-state index in [1.807, 2.05) is 0 Å². The van der Waals surface area contributed by atoms with Crippen LogP contribution in [0.2, 0.25) is 0 Å². The summed E-state index contributed by atoms with van der Waals surface area (Å²) in [5.74, 6) is -2.49. The molecule has 0 spiro atoms. The Morgan fingerprint density at radius 1 is 0.941 bits per heavy atom. The molecular formula is C25H21BrN4O4. The molecule has 172 valence electrons. The van der Waals surface area contributed by atoms with E-state index in [2.05, 4.69) is 43.7 Å². The Morgan fingerprint density at radius 2 is 1.68 bits per heavy atom. The van der Waals surface area contributed by atoms with Crippen molar-refractivity contribution in [1.29, 1.82) is 0 Å². The SMILES string of the molecule is C=CCc1cccc(C=NNC(=O)C(=O)Nc2ccccc2C(=O)Nc2ccc(Br)cc2)c1O. The molecule has 3 aromatic carbocycles. The molecule has 34 heavy (non-hydrogen) atoms. The van der Waals surface area contributed by atoms with Crippen molar-refractivity contribution in [2.24, 2.45) is 5.10 Å². The van der Waals surface area contributed by atoms with Gasteiger partial charge in [-0.25, -0.2) is 5.43 Å². The molecule has 0 radical (unpaired) electrons. The van der Waals surface area contributed by atoms with Crippen molar-refractivity contribution < 1.29 is 19.5 Å². The highest BCUT2D eigenvalue weighted by Crippen LogP contribution is 2.22. The first-order valence-corrected chi connectivity index (χ1v) is 10.9. The normalized spacial score (nSPS) is 10.5. The van der Waals surface area contributed by atoms with E-state index in [9.17, 15) is 19.5 Å². The Labute approximate surface area is 204 Å². The second-order valence-corrected chi connectivity index (χ2v) is 7.92. The third-order valence-corrected chi connectivity index (χ3v) is 5.14. The first-order valence-electron chi connectivity index (χ1n) is 10.1. The molecule has 0 unspecified atom stereocenters. The van der Waals surface area contributed by atoms with Crippen molar-refractivity contribution in [3.8, 4) is 5.75 Å². The fraction of sp³-hybridized carbons (Fsp3) is 0.0400. The molecule has 0 aromatic heterocycles. The quantitative estimate of drug-likeness (QED) is 0.161. The van der Waals surface area contributed by atoms with Crippen LogP contribution in [0.25, 0.3) is 0 Å². The molecule has 8 nitrogen and oxygen atoms in total. The van der Waals surface area contributed by atoms with E-state index < -0.39 is 17.7 Å². The lowest BCUT2D eigenvalue weighted by molar-refractivity contribution is -0.136. The van der Waals surface area contributed by atoms with Gasteiger partial charge in [0.25, 0.3) is 5.91 Å². The molecule has 0 atom stereocenters. The molecule has 0 aliphatic heterocycles. The molecule has 3 amide bonds. The summed E-state index contributed by atoms with van der Waals surface area (Å²) in [6.07, 6.45) is 3.35. The number of anilines is 2. The van der Waals surface area contributed by atoms with Gasteiger partial charge < -0.3 is 15.7 Å². The number of benzene rings is 3. The summed E-state index contributed by atoms with van der Waals surface area (Å²) in [7, 11) is 0. The van der Waals surface area contributed by atoms with Crippen molar-refractivity contribution in [2.75, 3.05) is 10.6 Å². The van der Waals surface area contributed by atoms with Gasteiger partial charge in [0.1, 0.15) is 5.75 Å². The summed E-state index contributed by atoms with van der Waals surface area (Å²) in [5, 5.41) is 19.1. The van der Waals surface area contributed by atoms with E-state index in [-0.39, 0.29) is 17.0 Å². The zero-order chi connectivity index (χ0) is 24.5. The molecule has 0 aliphatic rings. The van der Waals surface area contributed by atoms with Gasteiger partial charge in [-0.1, -0.05) is 46.3 Å². The summed E-state index contributed by atoms with van der Waals surface area (Å²) in [6.45, 7) is 3.63. The van der Waals surface area contributed by atoms with Gasteiger partial charge in [-0.3, -0.25) is 14.4 Å². The molecule has 0 heterocycles. The maximum atomic E-state index is 12.7. The Kier molecular flexibility index (Phi) is 8.31. The minimum absolute atomic E-state index is 0.00978. The topological polar surface area (TPSA) is 120 Å². The number of hydrogen-bond acceptors (Lipinski definition) is 5. The minimum atomic E-state index is -1.04. The van der Waals surface area contributed by atoms with Crippen molar-refractivity contribution in [3.05, 3.63) is 101 Å². The Bertz CT molecular complexity index is 1260. The highest BCUT2D eigenvalue weighted by atomic mass is 79.9. The van der Waals surface area contributed by atoms with Gasteiger partial charge in [0.15, 0.2) is 0 Å². The fourth-order valence-electron chi connectivity index (χ4n) is 2.95. The van der Waals surface area contributed by atoms with E-state index in [0.29, 0.717) is 23.2 Å². The molecule has 3 rings (SSSR count). The van der Waals surface area contributed by atoms with Crippen LogP contribution in [0.4, 0.5) is 11.4 Å². The summed E-state index contributed by atoms with van der Waals surface area (Å²) >= 11 is 3.33. The van der Waals surface area contributed by atoms with Gasteiger partial charge in [0.2, 0.25) is 0 Å². The number of carbonyl (C=O) groups excluding carboxylic acids is 3. The summed E-state index contributed by atoms with van der Waals surface area (Å²) in [5.41, 5.74) is 4.04. The number of para-hydroxylation sites is 2. The Hall–Kier alpha value is -4.24. The maximum Gasteiger partial charge on any atom is 0.329 e. The fourth-order valence-corrected chi connectivity index (χ4v) is 3.21. The number of nitrogens with one attached hydrogen (secondary N) is 3. The monoisotopic (exact) mass is 520 g/mol. The van der Waals surface area contributed by atoms with E-state index in [1.54, 1.807) is 60.7 Å². The van der Waals surface area contributed by atoms with Gasteiger partial charge >= 0.3 is 11.8 Å². The second kappa shape index (κ2) is 11.6. The van der Waals surface area contributed by atoms with Gasteiger partial charge in [-0.15, -0.1) is 6.58 Å². The average molecular weight is 521 g/mol. The van der Waals surface area contributed by atoms with E-state index in [0.717, 1.165) is 4.47 Å². The predicted molar refractivity (Wildman–Crippen MR) is 135 cm³/mol. The lowest BCUT2D eigenvalue weighted by atomic mass is 10.1. The number of hydrogen-bond donors (Lipinski definition) is 4. The van der Waals surface area contributed by atoms with Crippen LogP contribution < -0.4 is 16.1 Å². The van der Waals surface area contributed by atoms with Crippen LogP contribution in [0.5, 0.6) is 5.75 Å². The lowest BCUT2D eigenvalue weighted by Gasteiger charge is -2.11. The second-order valence-electron chi connectivity index (χ2n) is 7.01. The van der Waals surface area contributed by atoms with Crippen molar-refractivity contribution in [2.45, 2.75) is 6.42 Å². The number of nitrogens with zero attached hydrogens (tertiary/aromatic N) is 1. The number of aromatic hydroxyl groups is 1. The molecule has 0 saturated carbocycles. The predicted octanol–water partition coefficient (Wildman–Crippen LogP) is 4.22. The number of phenols is 1. The maximum absolute atomic E-state index is 12.7. The molecule has 4 N–H and O–H groups in total. The minimum Gasteiger partial charge on any atom is -0.507 e. The third kappa shape index (κ3) is 6.39. The number of carbonyl (C=O) groups is 3. The lowest BCUT2D eigenvalue weighted by Crippen LogP contribution is -2.33. The van der Waals surface area contributed by atoms with Gasteiger partial charge in [-0.05, 0) is 54.4 Å². The van der Waals surface area contributed by atoms with Crippen LogP contribution in [0.1, 0.15) is 21.5 Å².